The summed E-state index contributed by atoms with van der Waals surface area (Å²) in [6, 6.07) is 0.259. The van der Waals surface area contributed by atoms with Crippen LogP contribution in [0.2, 0.25) is 0 Å². The molecule has 0 aromatic heterocycles. The van der Waals surface area contributed by atoms with E-state index in [1.54, 1.807) is 0 Å². The second-order valence-electron chi connectivity index (χ2n) is 5.36. The first-order valence-electron chi connectivity index (χ1n) is 6.82. The van der Waals surface area contributed by atoms with E-state index >= 15 is 0 Å². The molecule has 2 rings (SSSR count). The zero-order valence-electron chi connectivity index (χ0n) is 10.2. The first kappa shape index (κ1) is 11.9. The zero-order valence-corrected chi connectivity index (χ0v) is 10.2. The number of nitrogens with two attached hydrogens (primary N) is 1. The van der Waals surface area contributed by atoms with Crippen LogP contribution in [0.25, 0.3) is 0 Å². The van der Waals surface area contributed by atoms with Gasteiger partial charge in [0.15, 0.2) is 0 Å². The molecule has 1 aliphatic heterocycles. The molecular weight excluding hydrogens is 200 g/mol. The summed E-state index contributed by atoms with van der Waals surface area (Å²) in [4.78, 5) is 14.4. The minimum atomic E-state index is 0.224. The summed E-state index contributed by atoms with van der Waals surface area (Å²) in [6.07, 6.45) is 9.14. The molecule has 2 N–H and O–H groups in total. The highest BCUT2D eigenvalue weighted by molar-refractivity contribution is 5.79. The zero-order chi connectivity index (χ0) is 11.4. The van der Waals surface area contributed by atoms with Crippen molar-refractivity contribution in [1.29, 1.82) is 0 Å². The van der Waals surface area contributed by atoms with Gasteiger partial charge in [0, 0.05) is 25.0 Å². The average Bonchev–Trinajstić information content (AvgIpc) is 2.56. The third-order valence-corrected chi connectivity index (χ3v) is 3.98. The minimum Gasteiger partial charge on any atom is -0.342 e. The summed E-state index contributed by atoms with van der Waals surface area (Å²) in [5.41, 5.74) is 5.95. The van der Waals surface area contributed by atoms with Gasteiger partial charge in [0.05, 0.1) is 0 Å². The maximum absolute atomic E-state index is 12.3. The van der Waals surface area contributed by atoms with Gasteiger partial charge in [0.2, 0.25) is 5.91 Å². The highest BCUT2D eigenvalue weighted by Gasteiger charge is 2.28. The molecule has 92 valence electrons. The van der Waals surface area contributed by atoms with E-state index in [4.69, 9.17) is 5.73 Å². The molecule has 1 saturated heterocycles. The lowest BCUT2D eigenvalue weighted by Gasteiger charge is -2.30. The third kappa shape index (κ3) is 2.97. The highest BCUT2D eigenvalue weighted by Crippen LogP contribution is 2.25. The number of carbonyl (C=O) groups is 1. The van der Waals surface area contributed by atoms with Crippen LogP contribution in [0.15, 0.2) is 0 Å². The second-order valence-corrected chi connectivity index (χ2v) is 5.36. The summed E-state index contributed by atoms with van der Waals surface area (Å²) in [6.45, 7) is 1.95. The van der Waals surface area contributed by atoms with Crippen molar-refractivity contribution in [2.75, 3.05) is 13.1 Å². The highest BCUT2D eigenvalue weighted by atomic mass is 16.2. The normalized spacial score (nSPS) is 32.2. The van der Waals surface area contributed by atoms with Crippen LogP contribution in [0.1, 0.15) is 51.4 Å². The van der Waals surface area contributed by atoms with E-state index in [0.29, 0.717) is 5.91 Å². The van der Waals surface area contributed by atoms with Crippen LogP contribution < -0.4 is 5.73 Å². The van der Waals surface area contributed by atoms with Gasteiger partial charge in [0.1, 0.15) is 0 Å². The molecular formula is C13H24N2O. The van der Waals surface area contributed by atoms with E-state index in [2.05, 4.69) is 4.90 Å². The number of carbonyl (C=O) groups excluding carboxylic acids is 1. The van der Waals surface area contributed by atoms with Gasteiger partial charge >= 0.3 is 0 Å². The molecule has 1 saturated carbocycles. The van der Waals surface area contributed by atoms with Crippen LogP contribution in [0.4, 0.5) is 0 Å². The predicted molar refractivity (Wildman–Crippen MR) is 65.0 cm³/mol. The Balaban J connectivity index is 1.89. The van der Waals surface area contributed by atoms with Crippen molar-refractivity contribution in [3.63, 3.8) is 0 Å². The maximum Gasteiger partial charge on any atom is 0.225 e. The van der Waals surface area contributed by atoms with E-state index in [1.807, 2.05) is 0 Å². The quantitative estimate of drug-likeness (QED) is 0.739. The van der Waals surface area contributed by atoms with Crippen molar-refractivity contribution in [3.05, 3.63) is 0 Å². The Morgan fingerprint density at radius 1 is 1.00 bits per heavy atom. The topological polar surface area (TPSA) is 46.3 Å². The molecule has 1 aliphatic carbocycles. The summed E-state index contributed by atoms with van der Waals surface area (Å²) in [7, 11) is 0. The Bertz CT molecular complexity index is 230. The van der Waals surface area contributed by atoms with Gasteiger partial charge in [-0.2, -0.15) is 0 Å². The molecule has 3 nitrogen and oxygen atoms in total. The molecule has 1 amide bonds. The minimum absolute atomic E-state index is 0.224. The van der Waals surface area contributed by atoms with E-state index in [1.165, 1.54) is 25.7 Å². The fourth-order valence-electron chi connectivity index (χ4n) is 3.00. The predicted octanol–water partition coefficient (Wildman–Crippen LogP) is 1.91. The van der Waals surface area contributed by atoms with Crippen molar-refractivity contribution >= 4 is 5.91 Å². The van der Waals surface area contributed by atoms with Crippen LogP contribution in [-0.2, 0) is 4.79 Å². The lowest BCUT2D eigenvalue weighted by atomic mass is 9.85. The fourth-order valence-corrected chi connectivity index (χ4v) is 3.00. The van der Waals surface area contributed by atoms with Crippen molar-refractivity contribution in [2.45, 2.75) is 57.4 Å². The summed E-state index contributed by atoms with van der Waals surface area (Å²) in [5, 5.41) is 0. The Hall–Kier alpha value is -0.570. The number of hydrogen-bond acceptors (Lipinski definition) is 2. The monoisotopic (exact) mass is 224 g/mol. The standard InChI is InChI=1S/C13H24N2O/c14-12-7-5-6-11(10-12)13(16)15-8-3-1-2-4-9-15/h11-12H,1-10,14H2. The van der Waals surface area contributed by atoms with Crippen molar-refractivity contribution in [3.8, 4) is 0 Å². The molecule has 2 fully saturated rings. The average molecular weight is 224 g/mol. The van der Waals surface area contributed by atoms with E-state index < -0.39 is 0 Å². The van der Waals surface area contributed by atoms with Crippen LogP contribution >= 0.6 is 0 Å². The van der Waals surface area contributed by atoms with E-state index in [-0.39, 0.29) is 12.0 Å². The SMILES string of the molecule is NC1CCCC(C(=O)N2CCCCCC2)C1. The third-order valence-electron chi connectivity index (χ3n) is 3.98. The molecule has 2 aliphatic rings. The van der Waals surface area contributed by atoms with Crippen LogP contribution in [0, 0.1) is 5.92 Å². The number of nitrogens with zero attached hydrogens (tertiary/aromatic N) is 1. The molecule has 0 aromatic carbocycles. The van der Waals surface area contributed by atoms with Gasteiger partial charge in [-0.3, -0.25) is 4.79 Å². The molecule has 2 atom stereocenters. The van der Waals surface area contributed by atoms with Gasteiger partial charge in [-0.1, -0.05) is 19.3 Å². The van der Waals surface area contributed by atoms with E-state index in [9.17, 15) is 4.79 Å². The first-order valence-corrected chi connectivity index (χ1v) is 6.82. The largest absolute Gasteiger partial charge is 0.342 e. The Morgan fingerprint density at radius 3 is 2.31 bits per heavy atom. The second kappa shape index (κ2) is 5.67. The van der Waals surface area contributed by atoms with Crippen LogP contribution in [-0.4, -0.2) is 29.9 Å². The van der Waals surface area contributed by atoms with Gasteiger partial charge in [-0.15, -0.1) is 0 Å². The molecule has 0 spiro atoms. The molecule has 3 heteroatoms. The molecule has 0 radical (unpaired) electrons. The van der Waals surface area contributed by atoms with Gasteiger partial charge in [-0.05, 0) is 32.1 Å². The van der Waals surface area contributed by atoms with Gasteiger partial charge in [0.25, 0.3) is 0 Å². The number of likely N-dealkylation sites (tertiary alicyclic amines) is 1. The van der Waals surface area contributed by atoms with Crippen molar-refractivity contribution < 1.29 is 4.79 Å². The van der Waals surface area contributed by atoms with Gasteiger partial charge in [-0.25, -0.2) is 0 Å². The fraction of sp³-hybridized carbons (Fsp3) is 0.923. The first-order chi connectivity index (χ1) is 7.77. The Morgan fingerprint density at radius 2 is 1.69 bits per heavy atom. The summed E-state index contributed by atoms with van der Waals surface area (Å²) >= 11 is 0. The van der Waals surface area contributed by atoms with Crippen molar-refractivity contribution in [1.82, 2.24) is 4.90 Å². The Kier molecular flexibility index (Phi) is 4.22. The maximum atomic E-state index is 12.3. The lowest BCUT2D eigenvalue weighted by molar-refractivity contribution is -0.136. The van der Waals surface area contributed by atoms with Crippen LogP contribution in [0.5, 0.6) is 0 Å². The molecule has 16 heavy (non-hydrogen) atoms. The molecule has 0 bridgehead atoms. The number of amides is 1. The molecule has 0 aromatic rings. The summed E-state index contributed by atoms with van der Waals surface area (Å²) < 4.78 is 0. The lowest BCUT2D eigenvalue weighted by Crippen LogP contribution is -2.41. The Labute approximate surface area is 98.4 Å². The molecule has 1 heterocycles. The van der Waals surface area contributed by atoms with E-state index in [0.717, 1.165) is 38.8 Å². The van der Waals surface area contributed by atoms with Gasteiger partial charge < -0.3 is 10.6 Å². The molecule has 2 unspecified atom stereocenters. The summed E-state index contributed by atoms with van der Waals surface area (Å²) in [5.74, 6) is 0.610. The number of hydrogen-bond donors (Lipinski definition) is 1. The van der Waals surface area contributed by atoms with Crippen molar-refractivity contribution in [2.24, 2.45) is 11.7 Å². The smallest absolute Gasteiger partial charge is 0.225 e. The number of rotatable bonds is 1. The van der Waals surface area contributed by atoms with Crippen LogP contribution in [0.3, 0.4) is 0 Å².